The first kappa shape index (κ1) is 13.5. The van der Waals surface area contributed by atoms with Crippen LogP contribution in [0.2, 0.25) is 0 Å². The third-order valence-corrected chi connectivity index (χ3v) is 4.99. The van der Waals surface area contributed by atoms with E-state index in [2.05, 4.69) is 0 Å². The largest absolute Gasteiger partial charge is 0.341 e. The first-order valence-electron chi connectivity index (χ1n) is 7.35. The molecule has 3 rings (SSSR count). The minimum absolute atomic E-state index is 0.0273. The van der Waals surface area contributed by atoms with E-state index in [0.29, 0.717) is 13.1 Å². The van der Waals surface area contributed by atoms with Gasteiger partial charge in [-0.1, -0.05) is 6.42 Å². The summed E-state index contributed by atoms with van der Waals surface area (Å²) in [5.74, 6) is -0.882. The van der Waals surface area contributed by atoms with Gasteiger partial charge in [-0.3, -0.25) is 19.3 Å². The molecule has 6 nitrogen and oxygen atoms in total. The maximum Gasteiger partial charge on any atom is 0.234 e. The topological polar surface area (TPSA) is 83.7 Å². The molecule has 0 aromatic carbocycles. The maximum atomic E-state index is 12.5. The summed E-state index contributed by atoms with van der Waals surface area (Å²) in [6.45, 7) is 0.786. The average Bonchev–Trinajstić information content (AvgIpc) is 2.95. The zero-order valence-electron chi connectivity index (χ0n) is 11.7. The van der Waals surface area contributed by atoms with Crippen molar-refractivity contribution in [2.24, 2.45) is 23.5 Å². The normalized spacial score (nSPS) is 37.5. The summed E-state index contributed by atoms with van der Waals surface area (Å²) in [6.07, 6.45) is 3.57. The van der Waals surface area contributed by atoms with Gasteiger partial charge < -0.3 is 10.6 Å². The van der Waals surface area contributed by atoms with Crippen LogP contribution in [0.25, 0.3) is 0 Å². The zero-order valence-corrected chi connectivity index (χ0v) is 11.7. The smallest absolute Gasteiger partial charge is 0.234 e. The van der Waals surface area contributed by atoms with Crippen LogP contribution in [0.4, 0.5) is 0 Å². The summed E-state index contributed by atoms with van der Waals surface area (Å²) >= 11 is 0. The number of carbonyl (C=O) groups is 3. The van der Waals surface area contributed by atoms with Crippen LogP contribution in [0.1, 0.15) is 25.7 Å². The molecule has 3 aliphatic rings. The predicted molar refractivity (Wildman–Crippen MR) is 71.3 cm³/mol. The molecule has 3 amide bonds. The number of rotatable bonds is 1. The molecule has 0 aromatic heterocycles. The van der Waals surface area contributed by atoms with Gasteiger partial charge in [-0.25, -0.2) is 0 Å². The van der Waals surface area contributed by atoms with Crippen LogP contribution in [0.5, 0.6) is 0 Å². The van der Waals surface area contributed by atoms with E-state index in [1.807, 2.05) is 0 Å². The van der Waals surface area contributed by atoms with Crippen LogP contribution in [-0.2, 0) is 14.4 Å². The molecule has 2 aliphatic heterocycles. The van der Waals surface area contributed by atoms with Crippen molar-refractivity contribution in [3.05, 3.63) is 0 Å². The minimum Gasteiger partial charge on any atom is -0.341 e. The van der Waals surface area contributed by atoms with Gasteiger partial charge in [-0.15, -0.1) is 0 Å². The molecule has 3 fully saturated rings. The van der Waals surface area contributed by atoms with E-state index in [4.69, 9.17) is 5.73 Å². The summed E-state index contributed by atoms with van der Waals surface area (Å²) in [5.41, 5.74) is 5.93. The molecule has 0 aromatic rings. The highest BCUT2D eigenvalue weighted by molar-refractivity contribution is 6.06. The van der Waals surface area contributed by atoms with E-state index in [9.17, 15) is 14.4 Å². The molecule has 1 saturated carbocycles. The van der Waals surface area contributed by atoms with E-state index in [0.717, 1.165) is 25.7 Å². The molecule has 0 spiro atoms. The van der Waals surface area contributed by atoms with Crippen LogP contribution < -0.4 is 5.73 Å². The number of carbonyl (C=O) groups excluding carboxylic acids is 3. The second kappa shape index (κ2) is 4.84. The van der Waals surface area contributed by atoms with Gasteiger partial charge in [0.1, 0.15) is 0 Å². The number of hydrogen-bond acceptors (Lipinski definition) is 4. The number of nitrogens with zero attached hydrogens (tertiary/aromatic N) is 2. The fourth-order valence-electron chi connectivity index (χ4n) is 3.80. The molecule has 4 atom stereocenters. The van der Waals surface area contributed by atoms with Crippen LogP contribution in [0.15, 0.2) is 0 Å². The molecular weight excluding hydrogens is 258 g/mol. The van der Waals surface area contributed by atoms with Crippen LogP contribution in [-0.4, -0.2) is 53.7 Å². The molecule has 20 heavy (non-hydrogen) atoms. The zero-order chi connectivity index (χ0) is 14.4. The van der Waals surface area contributed by atoms with Crippen molar-refractivity contribution in [3.8, 4) is 0 Å². The monoisotopic (exact) mass is 279 g/mol. The van der Waals surface area contributed by atoms with Crippen LogP contribution in [0, 0.1) is 17.8 Å². The summed E-state index contributed by atoms with van der Waals surface area (Å²) in [4.78, 5) is 39.3. The molecule has 2 saturated heterocycles. The van der Waals surface area contributed by atoms with Gasteiger partial charge in [-0.05, 0) is 19.3 Å². The molecule has 0 radical (unpaired) electrons. The third kappa shape index (κ3) is 2.02. The molecule has 2 N–H and O–H groups in total. The van der Waals surface area contributed by atoms with E-state index >= 15 is 0 Å². The number of imide groups is 1. The van der Waals surface area contributed by atoms with Crippen molar-refractivity contribution in [3.63, 3.8) is 0 Å². The highest BCUT2D eigenvalue weighted by atomic mass is 16.2. The lowest BCUT2D eigenvalue weighted by molar-refractivity contribution is -0.140. The van der Waals surface area contributed by atoms with Crippen molar-refractivity contribution < 1.29 is 14.4 Å². The van der Waals surface area contributed by atoms with Crippen molar-refractivity contribution >= 4 is 17.7 Å². The van der Waals surface area contributed by atoms with Crippen LogP contribution in [0.3, 0.4) is 0 Å². The molecular formula is C14H21N3O3. The van der Waals surface area contributed by atoms with Gasteiger partial charge >= 0.3 is 0 Å². The Morgan fingerprint density at radius 1 is 1.15 bits per heavy atom. The second-order valence-corrected chi connectivity index (χ2v) is 6.32. The summed E-state index contributed by atoms with van der Waals surface area (Å²) in [5, 5.41) is 0. The Bertz CT molecular complexity index is 441. The van der Waals surface area contributed by atoms with Crippen molar-refractivity contribution in [2.45, 2.75) is 31.7 Å². The fourth-order valence-corrected chi connectivity index (χ4v) is 3.80. The molecule has 2 heterocycles. The maximum absolute atomic E-state index is 12.5. The number of likely N-dealkylation sites (tertiary alicyclic amines) is 2. The average molecular weight is 279 g/mol. The van der Waals surface area contributed by atoms with Crippen LogP contribution >= 0.6 is 0 Å². The van der Waals surface area contributed by atoms with E-state index < -0.39 is 0 Å². The van der Waals surface area contributed by atoms with E-state index in [1.54, 1.807) is 4.90 Å². The van der Waals surface area contributed by atoms with E-state index in [1.165, 1.54) is 11.9 Å². The molecule has 110 valence electrons. The lowest BCUT2D eigenvalue weighted by Gasteiger charge is -2.29. The SMILES string of the molecule is CN1C(=O)C2CN(C(=O)C3CCCC(N)C3)CC2C1=O. The van der Waals surface area contributed by atoms with Gasteiger partial charge in [-0.2, -0.15) is 0 Å². The Morgan fingerprint density at radius 2 is 1.75 bits per heavy atom. The number of amides is 3. The van der Waals surface area contributed by atoms with Crippen molar-refractivity contribution in [1.29, 1.82) is 0 Å². The van der Waals surface area contributed by atoms with Crippen molar-refractivity contribution in [2.75, 3.05) is 20.1 Å². The van der Waals surface area contributed by atoms with Gasteiger partial charge in [0, 0.05) is 32.1 Å². The molecule has 0 bridgehead atoms. The lowest BCUT2D eigenvalue weighted by Crippen LogP contribution is -2.42. The third-order valence-electron chi connectivity index (χ3n) is 4.99. The minimum atomic E-state index is -0.325. The van der Waals surface area contributed by atoms with Gasteiger partial charge in [0.2, 0.25) is 17.7 Å². The molecule has 4 unspecified atom stereocenters. The van der Waals surface area contributed by atoms with Gasteiger partial charge in [0.05, 0.1) is 11.8 Å². The Hall–Kier alpha value is -1.43. The summed E-state index contributed by atoms with van der Waals surface area (Å²) in [6, 6.07) is 0.106. The number of fused-ring (bicyclic) bond motifs is 1. The predicted octanol–water partition coefficient (Wildman–Crippen LogP) is -0.423. The highest BCUT2D eigenvalue weighted by Gasteiger charge is 2.52. The summed E-state index contributed by atoms with van der Waals surface area (Å²) in [7, 11) is 1.52. The fraction of sp³-hybridized carbons (Fsp3) is 0.786. The highest BCUT2D eigenvalue weighted by Crippen LogP contribution is 2.34. The Kier molecular flexibility index (Phi) is 3.28. The number of nitrogens with two attached hydrogens (primary N) is 1. The van der Waals surface area contributed by atoms with Gasteiger partial charge in [0.15, 0.2) is 0 Å². The first-order valence-corrected chi connectivity index (χ1v) is 7.35. The Labute approximate surface area is 118 Å². The molecule has 1 aliphatic carbocycles. The second-order valence-electron chi connectivity index (χ2n) is 6.32. The van der Waals surface area contributed by atoms with Gasteiger partial charge in [0.25, 0.3) is 0 Å². The quantitative estimate of drug-likeness (QED) is 0.661. The Morgan fingerprint density at radius 3 is 2.30 bits per heavy atom. The van der Waals surface area contributed by atoms with E-state index in [-0.39, 0.29) is 41.5 Å². The lowest BCUT2D eigenvalue weighted by atomic mass is 9.85. The first-order chi connectivity index (χ1) is 9.49. The standard InChI is InChI=1S/C14H21N3O3/c1-16-13(19)10-6-17(7-11(10)14(16)20)12(18)8-3-2-4-9(15)5-8/h8-11H,2-7,15H2,1H3. The van der Waals surface area contributed by atoms with Crippen molar-refractivity contribution in [1.82, 2.24) is 9.80 Å². The number of hydrogen-bond donors (Lipinski definition) is 1. The summed E-state index contributed by atoms with van der Waals surface area (Å²) < 4.78 is 0. The molecule has 6 heteroatoms. The Balaban J connectivity index is 1.67.